The second-order valence-electron chi connectivity index (χ2n) is 3.67. The van der Waals surface area contributed by atoms with Gasteiger partial charge in [0.25, 0.3) is 0 Å². The molecule has 0 saturated heterocycles. The summed E-state index contributed by atoms with van der Waals surface area (Å²) < 4.78 is 26.2. The molecule has 84 valence electrons. The van der Waals surface area contributed by atoms with E-state index >= 15 is 0 Å². The van der Waals surface area contributed by atoms with Crippen molar-refractivity contribution >= 4 is 21.4 Å². The van der Waals surface area contributed by atoms with Crippen molar-refractivity contribution in [3.05, 3.63) is 16.3 Å². The monoisotopic (exact) mass is 246 g/mol. The standard InChI is InChI=1S/C9H14N2O2S2/c1-10-5-8-4-9(6-14-8)15(12,13)11-7-2-3-7/h4,6-7,10-11H,2-3,5H2,1H3. The maximum absolute atomic E-state index is 11.8. The van der Waals surface area contributed by atoms with Gasteiger partial charge in [0.1, 0.15) is 0 Å². The van der Waals surface area contributed by atoms with Crippen molar-refractivity contribution in [2.45, 2.75) is 30.3 Å². The van der Waals surface area contributed by atoms with Crippen molar-refractivity contribution in [1.82, 2.24) is 10.0 Å². The molecule has 0 atom stereocenters. The fraction of sp³-hybridized carbons (Fsp3) is 0.556. The van der Waals surface area contributed by atoms with Crippen molar-refractivity contribution < 1.29 is 8.42 Å². The smallest absolute Gasteiger partial charge is 0.241 e. The van der Waals surface area contributed by atoms with E-state index in [0.29, 0.717) is 11.4 Å². The normalized spacial score (nSPS) is 16.9. The number of sulfonamides is 1. The van der Waals surface area contributed by atoms with E-state index in [-0.39, 0.29) is 6.04 Å². The van der Waals surface area contributed by atoms with Crippen molar-refractivity contribution in [3.63, 3.8) is 0 Å². The van der Waals surface area contributed by atoms with Gasteiger partial charge in [0.2, 0.25) is 10.0 Å². The fourth-order valence-electron chi connectivity index (χ4n) is 1.26. The molecule has 0 aromatic carbocycles. The first-order valence-corrected chi connectivity index (χ1v) is 7.22. The van der Waals surface area contributed by atoms with Crippen LogP contribution in [0.3, 0.4) is 0 Å². The Balaban J connectivity index is 2.12. The van der Waals surface area contributed by atoms with Crippen LogP contribution in [-0.4, -0.2) is 21.5 Å². The number of thiophene rings is 1. The van der Waals surface area contributed by atoms with Gasteiger partial charge in [0, 0.05) is 22.8 Å². The van der Waals surface area contributed by atoms with E-state index in [1.54, 1.807) is 11.4 Å². The van der Waals surface area contributed by atoms with Crippen molar-refractivity contribution in [2.75, 3.05) is 7.05 Å². The number of nitrogens with one attached hydrogen (secondary N) is 2. The third-order valence-electron chi connectivity index (χ3n) is 2.19. The second-order valence-corrected chi connectivity index (χ2v) is 6.38. The molecule has 1 aliphatic rings. The molecule has 1 fully saturated rings. The minimum absolute atomic E-state index is 0.169. The number of hydrogen-bond donors (Lipinski definition) is 2. The summed E-state index contributed by atoms with van der Waals surface area (Å²) in [6.45, 7) is 0.712. The molecule has 2 rings (SSSR count). The van der Waals surface area contributed by atoms with E-state index in [1.807, 2.05) is 7.05 Å². The van der Waals surface area contributed by atoms with Gasteiger partial charge in [-0.05, 0) is 26.0 Å². The predicted octanol–water partition coefficient (Wildman–Crippen LogP) is 0.908. The average molecular weight is 246 g/mol. The van der Waals surface area contributed by atoms with Crippen LogP contribution in [0.25, 0.3) is 0 Å². The molecule has 0 spiro atoms. The highest BCUT2D eigenvalue weighted by molar-refractivity contribution is 7.89. The van der Waals surface area contributed by atoms with E-state index in [2.05, 4.69) is 10.0 Å². The van der Waals surface area contributed by atoms with Crippen molar-refractivity contribution in [3.8, 4) is 0 Å². The van der Waals surface area contributed by atoms with E-state index in [0.717, 1.165) is 17.7 Å². The largest absolute Gasteiger partial charge is 0.315 e. The Bertz CT molecular complexity index is 435. The highest BCUT2D eigenvalue weighted by Crippen LogP contribution is 2.24. The lowest BCUT2D eigenvalue weighted by Crippen LogP contribution is -2.25. The number of hydrogen-bond acceptors (Lipinski definition) is 4. The lowest BCUT2D eigenvalue weighted by Gasteiger charge is -2.01. The molecule has 2 N–H and O–H groups in total. The van der Waals surface area contributed by atoms with Gasteiger partial charge in [-0.15, -0.1) is 11.3 Å². The zero-order valence-corrected chi connectivity index (χ0v) is 10.1. The summed E-state index contributed by atoms with van der Waals surface area (Å²) in [6, 6.07) is 1.90. The van der Waals surface area contributed by atoms with Crippen LogP contribution in [0.2, 0.25) is 0 Å². The van der Waals surface area contributed by atoms with Crippen LogP contribution >= 0.6 is 11.3 Å². The van der Waals surface area contributed by atoms with E-state index in [1.165, 1.54) is 11.3 Å². The molecule has 1 aliphatic carbocycles. The Kier molecular flexibility index (Phi) is 3.11. The lowest BCUT2D eigenvalue weighted by molar-refractivity contribution is 0.581. The lowest BCUT2D eigenvalue weighted by atomic mass is 10.5. The highest BCUT2D eigenvalue weighted by Gasteiger charge is 2.28. The van der Waals surface area contributed by atoms with Gasteiger partial charge in [0.05, 0.1) is 4.90 Å². The Hall–Kier alpha value is -0.430. The van der Waals surface area contributed by atoms with Gasteiger partial charge in [0.15, 0.2) is 0 Å². The zero-order chi connectivity index (χ0) is 10.9. The molecular formula is C9H14N2O2S2. The highest BCUT2D eigenvalue weighted by atomic mass is 32.2. The average Bonchev–Trinajstić information content (AvgIpc) is 2.82. The number of rotatable bonds is 5. The van der Waals surface area contributed by atoms with Gasteiger partial charge < -0.3 is 5.32 Å². The summed E-state index contributed by atoms with van der Waals surface area (Å²) in [4.78, 5) is 1.43. The minimum Gasteiger partial charge on any atom is -0.315 e. The summed E-state index contributed by atoms with van der Waals surface area (Å²) in [5.74, 6) is 0. The van der Waals surface area contributed by atoms with Crippen LogP contribution in [0.15, 0.2) is 16.3 Å². The molecule has 6 heteroatoms. The molecular weight excluding hydrogens is 232 g/mol. The molecule has 4 nitrogen and oxygen atoms in total. The Morgan fingerprint density at radius 2 is 2.27 bits per heavy atom. The molecule has 0 unspecified atom stereocenters. The van der Waals surface area contributed by atoms with Crippen LogP contribution in [-0.2, 0) is 16.6 Å². The molecule has 0 aliphatic heterocycles. The summed E-state index contributed by atoms with van der Waals surface area (Å²) in [5.41, 5.74) is 0. The van der Waals surface area contributed by atoms with Crippen molar-refractivity contribution in [2.24, 2.45) is 0 Å². The second kappa shape index (κ2) is 4.21. The first-order valence-electron chi connectivity index (χ1n) is 4.86. The molecule has 1 aromatic heterocycles. The third kappa shape index (κ3) is 2.78. The van der Waals surface area contributed by atoms with Crippen LogP contribution < -0.4 is 10.0 Å². The first-order chi connectivity index (χ1) is 7.12. The predicted molar refractivity (Wildman–Crippen MR) is 60.4 cm³/mol. The zero-order valence-electron chi connectivity index (χ0n) is 8.49. The molecule has 1 aromatic rings. The fourth-order valence-corrected chi connectivity index (χ4v) is 3.85. The molecule has 0 radical (unpaired) electrons. The van der Waals surface area contributed by atoms with E-state index < -0.39 is 10.0 Å². The van der Waals surface area contributed by atoms with Gasteiger partial charge >= 0.3 is 0 Å². The van der Waals surface area contributed by atoms with Gasteiger partial charge in [-0.1, -0.05) is 0 Å². The summed E-state index contributed by atoms with van der Waals surface area (Å²) >= 11 is 1.47. The van der Waals surface area contributed by atoms with Gasteiger partial charge in [-0.3, -0.25) is 0 Å². The van der Waals surface area contributed by atoms with Crippen LogP contribution in [0.1, 0.15) is 17.7 Å². The quantitative estimate of drug-likeness (QED) is 0.812. The SMILES string of the molecule is CNCc1cc(S(=O)(=O)NC2CC2)cs1. The maximum atomic E-state index is 11.8. The summed E-state index contributed by atoms with van der Waals surface area (Å²) in [7, 11) is -1.42. The molecule has 15 heavy (non-hydrogen) atoms. The third-order valence-corrected chi connectivity index (χ3v) is 4.78. The summed E-state index contributed by atoms with van der Waals surface area (Å²) in [6.07, 6.45) is 1.93. The molecule has 0 amide bonds. The minimum atomic E-state index is -3.26. The Labute approximate surface area is 93.8 Å². The van der Waals surface area contributed by atoms with E-state index in [9.17, 15) is 8.42 Å². The Morgan fingerprint density at radius 1 is 1.53 bits per heavy atom. The summed E-state index contributed by atoms with van der Waals surface area (Å²) in [5, 5.41) is 4.69. The molecule has 1 heterocycles. The van der Waals surface area contributed by atoms with Gasteiger partial charge in [-0.25, -0.2) is 13.1 Å². The Morgan fingerprint density at radius 3 is 2.87 bits per heavy atom. The first kappa shape index (κ1) is 11.1. The maximum Gasteiger partial charge on any atom is 0.241 e. The van der Waals surface area contributed by atoms with Crippen molar-refractivity contribution in [1.29, 1.82) is 0 Å². The van der Waals surface area contributed by atoms with Crippen LogP contribution in [0.4, 0.5) is 0 Å². The topological polar surface area (TPSA) is 58.2 Å². The van der Waals surface area contributed by atoms with Crippen LogP contribution in [0.5, 0.6) is 0 Å². The molecule has 1 saturated carbocycles. The van der Waals surface area contributed by atoms with Gasteiger partial charge in [-0.2, -0.15) is 0 Å². The molecule has 0 bridgehead atoms. The van der Waals surface area contributed by atoms with Crippen LogP contribution in [0, 0.1) is 0 Å². The van der Waals surface area contributed by atoms with E-state index in [4.69, 9.17) is 0 Å².